The van der Waals surface area contributed by atoms with Crippen molar-refractivity contribution < 1.29 is 25.3 Å². The lowest BCUT2D eigenvalue weighted by atomic mass is 10.2. The van der Waals surface area contributed by atoms with Gasteiger partial charge < -0.3 is 0 Å². The summed E-state index contributed by atoms with van der Waals surface area (Å²) in [4.78, 5) is 0.310. The maximum atomic E-state index is 12.4. The molecule has 8 nitrogen and oxygen atoms in total. The maximum absolute atomic E-state index is 12.4. The second kappa shape index (κ2) is 14.3. The minimum absolute atomic E-state index is 0.155. The van der Waals surface area contributed by atoms with Crippen molar-refractivity contribution in [1.82, 2.24) is 0 Å². The highest BCUT2D eigenvalue weighted by atomic mass is 32.2. The first-order chi connectivity index (χ1) is 16.6. The number of benzene rings is 3. The molecule has 0 spiro atoms. The average molecular weight is 573 g/mol. The standard InChI is InChI=1S/C20H20N2O4S2.2C2H6OS/c1-15-3-11-19(12-4-15)27(23,24)21-17-7-9-18(10-8-17)22-28(25,26)20-13-5-16(2)6-14-20;2*1-4(2)3/h3-14,21-22H,1-2H3;2*1-2H3. The highest BCUT2D eigenvalue weighted by Gasteiger charge is 2.16. The van der Waals surface area contributed by atoms with Crippen LogP contribution in [0, 0.1) is 13.8 Å². The SMILES string of the molecule is CS(C)=O.CS(C)=O.Cc1ccc(S(=O)(=O)Nc2ccc(NS(=O)(=O)c3ccc(C)cc3)cc2)cc1. The molecule has 0 aliphatic carbocycles. The van der Waals surface area contributed by atoms with E-state index in [-0.39, 0.29) is 9.79 Å². The van der Waals surface area contributed by atoms with Crippen LogP contribution in [0.5, 0.6) is 0 Å². The average Bonchev–Trinajstić information content (AvgIpc) is 2.75. The summed E-state index contributed by atoms with van der Waals surface area (Å²) in [6, 6.07) is 19.0. The minimum atomic E-state index is -3.71. The molecule has 0 atom stereocenters. The Morgan fingerprint density at radius 3 is 0.944 bits per heavy atom. The normalized spacial score (nSPS) is 11.1. The molecule has 0 radical (unpaired) electrons. The van der Waals surface area contributed by atoms with Crippen molar-refractivity contribution in [1.29, 1.82) is 0 Å². The van der Waals surface area contributed by atoms with Gasteiger partial charge in [-0.05, 0) is 62.4 Å². The van der Waals surface area contributed by atoms with E-state index in [1.165, 1.54) is 48.5 Å². The van der Waals surface area contributed by atoms with Crippen LogP contribution in [0.3, 0.4) is 0 Å². The number of anilines is 2. The van der Waals surface area contributed by atoms with Gasteiger partial charge in [-0.15, -0.1) is 0 Å². The second-order valence-corrected chi connectivity index (χ2v) is 14.2. The van der Waals surface area contributed by atoms with Gasteiger partial charge >= 0.3 is 0 Å². The largest absolute Gasteiger partial charge is 0.280 e. The molecule has 0 aromatic heterocycles. The predicted molar refractivity (Wildman–Crippen MR) is 150 cm³/mol. The van der Waals surface area contributed by atoms with Gasteiger partial charge in [0.15, 0.2) is 0 Å². The molecule has 0 fully saturated rings. The molecule has 0 amide bonds. The summed E-state index contributed by atoms with van der Waals surface area (Å²) in [5.74, 6) is 0. The van der Waals surface area contributed by atoms with Gasteiger partial charge in [-0.25, -0.2) is 16.8 Å². The Kier molecular flexibility index (Phi) is 12.5. The molecule has 0 aliphatic heterocycles. The number of rotatable bonds is 6. The summed E-state index contributed by atoms with van der Waals surface area (Å²) in [5.41, 5.74) is 2.59. The van der Waals surface area contributed by atoms with E-state index in [1.54, 1.807) is 49.3 Å². The van der Waals surface area contributed by atoms with Gasteiger partial charge in [0, 0.05) is 58.0 Å². The van der Waals surface area contributed by atoms with Crippen molar-refractivity contribution in [2.75, 3.05) is 34.5 Å². The van der Waals surface area contributed by atoms with Crippen molar-refractivity contribution in [2.24, 2.45) is 0 Å². The Morgan fingerprint density at radius 1 is 0.500 bits per heavy atom. The molecular weight excluding hydrogens is 541 g/mol. The number of aryl methyl sites for hydroxylation is 2. The van der Waals surface area contributed by atoms with Crippen LogP contribution in [0.15, 0.2) is 82.6 Å². The Labute approximate surface area is 219 Å². The van der Waals surface area contributed by atoms with E-state index < -0.39 is 41.6 Å². The van der Waals surface area contributed by atoms with Gasteiger partial charge in [-0.2, -0.15) is 0 Å². The first-order valence-electron chi connectivity index (χ1n) is 10.4. The Hall–Kier alpha value is -2.54. The predicted octanol–water partition coefficient (Wildman–Crippen LogP) is 3.89. The first-order valence-corrected chi connectivity index (χ1v) is 17.3. The summed E-state index contributed by atoms with van der Waals surface area (Å²) >= 11 is 0. The Morgan fingerprint density at radius 2 is 0.722 bits per heavy atom. The highest BCUT2D eigenvalue weighted by Crippen LogP contribution is 2.21. The van der Waals surface area contributed by atoms with E-state index >= 15 is 0 Å². The van der Waals surface area contributed by atoms with Crippen LogP contribution < -0.4 is 9.44 Å². The van der Waals surface area contributed by atoms with Crippen molar-refractivity contribution >= 4 is 53.0 Å². The van der Waals surface area contributed by atoms with Crippen LogP contribution in [0.2, 0.25) is 0 Å². The molecule has 3 aromatic carbocycles. The van der Waals surface area contributed by atoms with E-state index in [4.69, 9.17) is 0 Å². The summed E-state index contributed by atoms with van der Waals surface area (Å²) in [6.45, 7) is 3.75. The first kappa shape index (κ1) is 31.5. The summed E-state index contributed by atoms with van der Waals surface area (Å²) < 4.78 is 73.7. The van der Waals surface area contributed by atoms with Crippen LogP contribution in [0.4, 0.5) is 11.4 Å². The van der Waals surface area contributed by atoms with Gasteiger partial charge in [0.1, 0.15) is 0 Å². The second-order valence-electron chi connectivity index (χ2n) is 7.90. The molecule has 0 heterocycles. The highest BCUT2D eigenvalue weighted by molar-refractivity contribution is 7.93. The molecule has 0 aliphatic rings. The van der Waals surface area contributed by atoms with Crippen molar-refractivity contribution in [3.8, 4) is 0 Å². The number of hydrogen-bond acceptors (Lipinski definition) is 6. The quantitative estimate of drug-likeness (QED) is 0.461. The smallest absolute Gasteiger partial charge is 0.261 e. The number of nitrogens with one attached hydrogen (secondary N) is 2. The van der Waals surface area contributed by atoms with Crippen molar-refractivity contribution in [2.45, 2.75) is 23.6 Å². The topological polar surface area (TPSA) is 126 Å². The van der Waals surface area contributed by atoms with Gasteiger partial charge in [0.2, 0.25) is 0 Å². The summed E-state index contributed by atoms with van der Waals surface area (Å²) in [7, 11) is -8.65. The molecular formula is C24H32N2O6S4. The molecule has 0 unspecified atom stereocenters. The summed E-state index contributed by atoms with van der Waals surface area (Å²) in [6.07, 6.45) is 6.56. The van der Waals surface area contributed by atoms with Crippen molar-refractivity contribution in [3.63, 3.8) is 0 Å². The Bertz CT molecular complexity index is 1250. The van der Waals surface area contributed by atoms with Gasteiger partial charge in [0.05, 0.1) is 9.79 Å². The van der Waals surface area contributed by atoms with E-state index in [0.29, 0.717) is 11.4 Å². The number of hydrogen-bond donors (Lipinski definition) is 2. The maximum Gasteiger partial charge on any atom is 0.261 e. The lowest BCUT2D eigenvalue weighted by Crippen LogP contribution is -2.14. The molecule has 198 valence electrons. The van der Waals surface area contributed by atoms with Crippen LogP contribution in [0.25, 0.3) is 0 Å². The van der Waals surface area contributed by atoms with Crippen LogP contribution in [0.1, 0.15) is 11.1 Å². The van der Waals surface area contributed by atoms with Gasteiger partial charge in [-0.1, -0.05) is 35.4 Å². The van der Waals surface area contributed by atoms with Gasteiger partial charge in [-0.3, -0.25) is 17.9 Å². The van der Waals surface area contributed by atoms with Crippen LogP contribution >= 0.6 is 0 Å². The monoisotopic (exact) mass is 572 g/mol. The van der Waals surface area contributed by atoms with Crippen molar-refractivity contribution in [3.05, 3.63) is 83.9 Å². The zero-order chi connectivity index (χ0) is 27.5. The van der Waals surface area contributed by atoms with E-state index in [0.717, 1.165) is 11.1 Å². The molecule has 3 aromatic rings. The zero-order valence-electron chi connectivity index (χ0n) is 21.0. The fraction of sp³-hybridized carbons (Fsp3) is 0.250. The fourth-order valence-electron chi connectivity index (χ4n) is 2.47. The Balaban J connectivity index is 0.000000709. The van der Waals surface area contributed by atoms with E-state index in [2.05, 4.69) is 9.44 Å². The van der Waals surface area contributed by atoms with E-state index in [9.17, 15) is 25.3 Å². The van der Waals surface area contributed by atoms with E-state index in [1.807, 2.05) is 13.8 Å². The molecule has 2 N–H and O–H groups in total. The molecule has 36 heavy (non-hydrogen) atoms. The van der Waals surface area contributed by atoms with Crippen LogP contribution in [-0.2, 0) is 41.6 Å². The molecule has 0 saturated carbocycles. The molecule has 12 heteroatoms. The molecule has 0 bridgehead atoms. The fourth-order valence-corrected chi connectivity index (χ4v) is 4.59. The summed E-state index contributed by atoms with van der Waals surface area (Å²) in [5, 5.41) is 0. The third-order valence-corrected chi connectivity index (χ3v) is 6.85. The lowest BCUT2D eigenvalue weighted by Gasteiger charge is -2.11. The lowest BCUT2D eigenvalue weighted by molar-refractivity contribution is 0.599. The molecule has 0 saturated heterocycles. The zero-order valence-corrected chi connectivity index (χ0v) is 24.3. The third kappa shape index (κ3) is 11.9. The number of sulfonamides is 2. The minimum Gasteiger partial charge on any atom is -0.280 e. The molecule has 3 rings (SSSR count). The van der Waals surface area contributed by atoms with Gasteiger partial charge in [0.25, 0.3) is 20.0 Å². The van der Waals surface area contributed by atoms with Crippen LogP contribution in [-0.4, -0.2) is 50.3 Å². The third-order valence-electron chi connectivity index (χ3n) is 4.05.